The summed E-state index contributed by atoms with van der Waals surface area (Å²) in [5.41, 5.74) is 7.10. The van der Waals surface area contributed by atoms with Crippen molar-refractivity contribution in [2.75, 3.05) is 17.7 Å². The number of carbonyl (C=O) groups is 1. The summed E-state index contributed by atoms with van der Waals surface area (Å²) in [6.45, 7) is 3.83. The first-order valence-corrected chi connectivity index (χ1v) is 5.80. The van der Waals surface area contributed by atoms with Crippen LogP contribution in [0, 0.1) is 0 Å². The molecule has 16 heavy (non-hydrogen) atoms. The molecule has 0 fully saturated rings. The number of nitrogens with zero attached hydrogens (tertiary/aromatic N) is 1. The predicted molar refractivity (Wildman–Crippen MR) is 70.6 cm³/mol. The number of nitrogen functional groups attached to an aromatic ring is 1. The Kier molecular flexibility index (Phi) is 4.18. The van der Waals surface area contributed by atoms with Crippen molar-refractivity contribution in [2.24, 2.45) is 0 Å². The highest BCUT2D eigenvalue weighted by molar-refractivity contribution is 9.10. The van der Waals surface area contributed by atoms with Crippen molar-refractivity contribution in [3.05, 3.63) is 22.7 Å². The first-order valence-electron chi connectivity index (χ1n) is 5.01. The van der Waals surface area contributed by atoms with Crippen LogP contribution in [0.25, 0.3) is 0 Å². The number of amides is 2. The Hall–Kier alpha value is -1.23. The summed E-state index contributed by atoms with van der Waals surface area (Å²) in [6.07, 6.45) is 0. The molecule has 5 heteroatoms. The lowest BCUT2D eigenvalue weighted by atomic mass is 10.2. The van der Waals surface area contributed by atoms with Gasteiger partial charge in [0.15, 0.2) is 0 Å². The summed E-state index contributed by atoms with van der Waals surface area (Å²) in [5, 5.41) is 2.80. The fraction of sp³-hybridized carbons (Fsp3) is 0.364. The minimum Gasteiger partial charge on any atom is -0.397 e. The van der Waals surface area contributed by atoms with Gasteiger partial charge < -0.3 is 11.1 Å². The Bertz CT molecular complexity index is 393. The Balaban J connectivity index is 2.87. The Morgan fingerprint density at radius 1 is 1.50 bits per heavy atom. The molecule has 4 nitrogen and oxygen atoms in total. The number of urea groups is 1. The number of halogens is 1. The summed E-state index contributed by atoms with van der Waals surface area (Å²) in [6, 6.07) is 5.37. The van der Waals surface area contributed by atoms with Gasteiger partial charge in [0, 0.05) is 17.6 Å². The first-order chi connectivity index (χ1) is 7.41. The molecule has 1 aromatic rings. The van der Waals surface area contributed by atoms with Crippen LogP contribution in [0.4, 0.5) is 16.2 Å². The molecule has 0 bridgehead atoms. The van der Waals surface area contributed by atoms with Gasteiger partial charge in [0.1, 0.15) is 0 Å². The molecule has 3 N–H and O–H groups in total. The SMILES string of the molecule is CC(C)NC(=O)N(C)c1ccc(Br)cc1N. The van der Waals surface area contributed by atoms with Gasteiger partial charge in [-0.1, -0.05) is 15.9 Å². The van der Waals surface area contributed by atoms with E-state index in [0.717, 1.165) is 4.47 Å². The van der Waals surface area contributed by atoms with Gasteiger partial charge in [-0.15, -0.1) is 0 Å². The van der Waals surface area contributed by atoms with E-state index < -0.39 is 0 Å². The van der Waals surface area contributed by atoms with E-state index in [-0.39, 0.29) is 12.1 Å². The third kappa shape index (κ3) is 3.13. The summed E-state index contributed by atoms with van der Waals surface area (Å²) >= 11 is 3.32. The minimum absolute atomic E-state index is 0.103. The van der Waals surface area contributed by atoms with E-state index in [9.17, 15) is 4.79 Å². The molecule has 0 radical (unpaired) electrons. The lowest BCUT2D eigenvalue weighted by Gasteiger charge is -2.21. The van der Waals surface area contributed by atoms with Crippen LogP contribution in [0.5, 0.6) is 0 Å². The molecule has 0 aromatic heterocycles. The van der Waals surface area contributed by atoms with E-state index >= 15 is 0 Å². The van der Waals surface area contributed by atoms with Crippen LogP contribution >= 0.6 is 15.9 Å². The summed E-state index contributed by atoms with van der Waals surface area (Å²) in [5.74, 6) is 0. The lowest BCUT2D eigenvalue weighted by Crippen LogP contribution is -2.41. The van der Waals surface area contributed by atoms with Crippen molar-refractivity contribution in [1.29, 1.82) is 0 Å². The monoisotopic (exact) mass is 285 g/mol. The van der Waals surface area contributed by atoms with E-state index in [1.807, 2.05) is 19.9 Å². The summed E-state index contributed by atoms with van der Waals surface area (Å²) < 4.78 is 0.895. The molecule has 0 aliphatic carbocycles. The van der Waals surface area contributed by atoms with E-state index in [4.69, 9.17) is 5.73 Å². The van der Waals surface area contributed by atoms with Crippen molar-refractivity contribution in [2.45, 2.75) is 19.9 Å². The predicted octanol–water partition coefficient (Wildman–Crippen LogP) is 2.59. The molecule has 1 aromatic carbocycles. The molecule has 0 spiro atoms. The summed E-state index contributed by atoms with van der Waals surface area (Å²) in [7, 11) is 1.69. The lowest BCUT2D eigenvalue weighted by molar-refractivity contribution is 0.245. The van der Waals surface area contributed by atoms with Crippen LogP contribution in [0.2, 0.25) is 0 Å². The standard InChI is InChI=1S/C11H16BrN3O/c1-7(2)14-11(16)15(3)10-5-4-8(12)6-9(10)13/h4-7H,13H2,1-3H3,(H,14,16). The average molecular weight is 286 g/mol. The largest absolute Gasteiger partial charge is 0.397 e. The van der Waals surface area contributed by atoms with Crippen molar-refractivity contribution in [3.63, 3.8) is 0 Å². The number of rotatable bonds is 2. The topological polar surface area (TPSA) is 58.4 Å². The van der Waals surface area contributed by atoms with Gasteiger partial charge in [-0.2, -0.15) is 0 Å². The number of benzene rings is 1. The fourth-order valence-electron chi connectivity index (χ4n) is 1.28. The van der Waals surface area contributed by atoms with Crippen LogP contribution in [0.15, 0.2) is 22.7 Å². The fourth-order valence-corrected chi connectivity index (χ4v) is 1.66. The molecule has 0 heterocycles. The van der Waals surface area contributed by atoms with Gasteiger partial charge in [-0.25, -0.2) is 4.79 Å². The molecule has 0 aliphatic rings. The van der Waals surface area contributed by atoms with Gasteiger partial charge in [0.05, 0.1) is 11.4 Å². The number of anilines is 2. The molecule has 1 rings (SSSR count). The molecule has 0 unspecified atom stereocenters. The van der Waals surface area contributed by atoms with E-state index in [1.54, 1.807) is 19.2 Å². The number of hydrogen-bond acceptors (Lipinski definition) is 2. The molecule has 2 amide bonds. The van der Waals surface area contributed by atoms with Crippen molar-refractivity contribution in [1.82, 2.24) is 5.32 Å². The number of carbonyl (C=O) groups excluding carboxylic acids is 1. The number of hydrogen-bond donors (Lipinski definition) is 2. The van der Waals surface area contributed by atoms with Gasteiger partial charge in [0.2, 0.25) is 0 Å². The molecular formula is C11H16BrN3O. The zero-order valence-electron chi connectivity index (χ0n) is 9.62. The molecule has 0 aliphatic heterocycles. The maximum Gasteiger partial charge on any atom is 0.321 e. The molecule has 88 valence electrons. The first kappa shape index (κ1) is 12.8. The van der Waals surface area contributed by atoms with Gasteiger partial charge >= 0.3 is 6.03 Å². The van der Waals surface area contributed by atoms with E-state index in [1.165, 1.54) is 4.90 Å². The highest BCUT2D eigenvalue weighted by atomic mass is 79.9. The van der Waals surface area contributed by atoms with Crippen molar-refractivity contribution >= 4 is 33.3 Å². The smallest absolute Gasteiger partial charge is 0.321 e. The van der Waals surface area contributed by atoms with Gasteiger partial charge in [-0.05, 0) is 32.0 Å². The zero-order chi connectivity index (χ0) is 12.3. The Morgan fingerprint density at radius 3 is 2.62 bits per heavy atom. The quantitative estimate of drug-likeness (QED) is 0.821. The average Bonchev–Trinajstić information content (AvgIpc) is 2.15. The third-order valence-corrected chi connectivity index (χ3v) is 2.56. The van der Waals surface area contributed by atoms with E-state index in [0.29, 0.717) is 11.4 Å². The van der Waals surface area contributed by atoms with Crippen LogP contribution in [0.1, 0.15) is 13.8 Å². The maximum absolute atomic E-state index is 11.7. The second kappa shape index (κ2) is 5.21. The molecule has 0 atom stereocenters. The van der Waals surface area contributed by atoms with Crippen LogP contribution in [-0.4, -0.2) is 19.1 Å². The molecule has 0 saturated heterocycles. The zero-order valence-corrected chi connectivity index (χ0v) is 11.2. The maximum atomic E-state index is 11.7. The molecule has 0 saturated carbocycles. The van der Waals surface area contributed by atoms with Crippen LogP contribution in [-0.2, 0) is 0 Å². The second-order valence-electron chi connectivity index (χ2n) is 3.87. The second-order valence-corrected chi connectivity index (χ2v) is 4.78. The highest BCUT2D eigenvalue weighted by Gasteiger charge is 2.13. The summed E-state index contributed by atoms with van der Waals surface area (Å²) in [4.78, 5) is 13.2. The van der Waals surface area contributed by atoms with Crippen molar-refractivity contribution in [3.8, 4) is 0 Å². The normalized spacial score (nSPS) is 10.3. The highest BCUT2D eigenvalue weighted by Crippen LogP contribution is 2.25. The van der Waals surface area contributed by atoms with Crippen LogP contribution < -0.4 is 16.0 Å². The Labute approximate surface area is 104 Å². The number of nitrogens with one attached hydrogen (secondary N) is 1. The van der Waals surface area contributed by atoms with Gasteiger partial charge in [0.25, 0.3) is 0 Å². The van der Waals surface area contributed by atoms with Crippen molar-refractivity contribution < 1.29 is 4.79 Å². The molecular weight excluding hydrogens is 270 g/mol. The van der Waals surface area contributed by atoms with E-state index in [2.05, 4.69) is 21.2 Å². The Morgan fingerprint density at radius 2 is 2.12 bits per heavy atom. The third-order valence-electron chi connectivity index (χ3n) is 2.07. The van der Waals surface area contributed by atoms with Crippen LogP contribution in [0.3, 0.4) is 0 Å². The number of nitrogens with two attached hydrogens (primary N) is 1. The minimum atomic E-state index is -0.163. The van der Waals surface area contributed by atoms with Gasteiger partial charge in [-0.3, -0.25) is 4.90 Å².